The lowest BCUT2D eigenvalue weighted by Gasteiger charge is -2.21. The molecule has 1 aromatic carbocycles. The zero-order valence-electron chi connectivity index (χ0n) is 12.6. The zero-order chi connectivity index (χ0) is 17.8. The van der Waals surface area contributed by atoms with Crippen molar-refractivity contribution < 1.29 is 26.8 Å². The molecule has 0 spiro atoms. The Balaban J connectivity index is 2.96. The van der Waals surface area contributed by atoms with Gasteiger partial charge in [0.05, 0.1) is 4.90 Å². The minimum absolute atomic E-state index is 0.0350. The molecule has 0 saturated heterocycles. The van der Waals surface area contributed by atoms with Crippen LogP contribution in [0, 0.1) is 5.92 Å². The zero-order valence-corrected chi connectivity index (χ0v) is 13.4. The fourth-order valence-electron chi connectivity index (χ4n) is 1.85. The van der Waals surface area contributed by atoms with E-state index in [1.165, 1.54) is 0 Å². The second-order valence-corrected chi connectivity index (χ2v) is 6.99. The number of nitrogens with two attached hydrogens (primary N) is 1. The summed E-state index contributed by atoms with van der Waals surface area (Å²) >= 11 is 0. The summed E-state index contributed by atoms with van der Waals surface area (Å²) in [5.41, 5.74) is 5.27. The largest absolute Gasteiger partial charge is 0.368 e. The fraction of sp³-hybridized carbons (Fsp3) is 0.429. The number of sulfone groups is 1. The predicted octanol–water partition coefficient (Wildman–Crippen LogP) is 1.31. The number of rotatable bonds is 7. The molecule has 1 aromatic rings. The van der Waals surface area contributed by atoms with Gasteiger partial charge in [-0.15, -0.1) is 0 Å². The third-order valence-electron chi connectivity index (χ3n) is 3.49. The quantitative estimate of drug-likeness (QED) is 0.775. The Bertz CT molecular complexity index is 675. The van der Waals surface area contributed by atoms with Gasteiger partial charge < -0.3 is 11.1 Å². The Morgan fingerprint density at radius 1 is 1.22 bits per heavy atom. The predicted molar refractivity (Wildman–Crippen MR) is 79.5 cm³/mol. The van der Waals surface area contributed by atoms with Crippen molar-refractivity contribution in [2.24, 2.45) is 11.7 Å². The molecule has 0 fully saturated rings. The maximum absolute atomic E-state index is 12.4. The molecule has 0 aliphatic rings. The van der Waals surface area contributed by atoms with Gasteiger partial charge in [-0.2, -0.15) is 8.78 Å². The first-order chi connectivity index (χ1) is 10.6. The summed E-state index contributed by atoms with van der Waals surface area (Å²) in [7, 11) is -4.71. The number of alkyl halides is 2. The van der Waals surface area contributed by atoms with Crippen LogP contribution in [0.1, 0.15) is 30.6 Å². The number of hydrogen-bond acceptors (Lipinski definition) is 4. The number of amides is 2. The van der Waals surface area contributed by atoms with Gasteiger partial charge in [-0.05, 0) is 30.2 Å². The van der Waals surface area contributed by atoms with E-state index in [2.05, 4.69) is 5.32 Å². The number of hydrogen-bond donors (Lipinski definition) is 2. The summed E-state index contributed by atoms with van der Waals surface area (Å²) in [5, 5.41) is 2.45. The van der Waals surface area contributed by atoms with Crippen LogP contribution < -0.4 is 11.1 Å². The van der Waals surface area contributed by atoms with Crippen molar-refractivity contribution in [3.05, 3.63) is 29.8 Å². The van der Waals surface area contributed by atoms with Gasteiger partial charge in [-0.25, -0.2) is 8.42 Å². The highest BCUT2D eigenvalue weighted by atomic mass is 32.2. The Morgan fingerprint density at radius 3 is 2.13 bits per heavy atom. The number of carbonyl (C=O) groups is 2. The minimum Gasteiger partial charge on any atom is -0.368 e. The topological polar surface area (TPSA) is 106 Å². The smallest absolute Gasteiger partial charge is 0.341 e. The van der Waals surface area contributed by atoms with Crippen molar-refractivity contribution in [2.75, 3.05) is 0 Å². The van der Waals surface area contributed by atoms with Crippen molar-refractivity contribution in [1.29, 1.82) is 0 Å². The van der Waals surface area contributed by atoms with Crippen LogP contribution in [0.5, 0.6) is 0 Å². The molecule has 0 aliphatic heterocycles. The highest BCUT2D eigenvalue weighted by Crippen LogP contribution is 2.19. The number of primary amides is 1. The molecule has 1 rings (SSSR count). The Hall–Kier alpha value is -2.03. The summed E-state index contributed by atoms with van der Waals surface area (Å²) in [6, 6.07) is 3.15. The molecule has 0 radical (unpaired) electrons. The summed E-state index contributed by atoms with van der Waals surface area (Å²) in [5.74, 6) is -5.05. The number of halogens is 2. The second-order valence-electron chi connectivity index (χ2n) is 5.07. The number of carbonyl (C=O) groups excluding carboxylic acids is 2. The molecule has 128 valence electrons. The van der Waals surface area contributed by atoms with Crippen molar-refractivity contribution in [2.45, 2.75) is 37.0 Å². The van der Waals surface area contributed by atoms with E-state index in [1.54, 1.807) is 6.92 Å². The van der Waals surface area contributed by atoms with Gasteiger partial charge in [0.15, 0.2) is 0 Å². The number of nitrogens with one attached hydrogen (secondary N) is 1. The normalized spacial score (nSPS) is 14.3. The van der Waals surface area contributed by atoms with Crippen molar-refractivity contribution >= 4 is 21.7 Å². The first-order valence-electron chi connectivity index (χ1n) is 6.83. The Kier molecular flexibility index (Phi) is 6.20. The average molecular weight is 348 g/mol. The van der Waals surface area contributed by atoms with Crippen LogP contribution in [0.15, 0.2) is 29.2 Å². The molecule has 0 aliphatic carbocycles. The van der Waals surface area contributed by atoms with E-state index in [9.17, 15) is 26.8 Å². The van der Waals surface area contributed by atoms with E-state index in [0.717, 1.165) is 24.3 Å². The van der Waals surface area contributed by atoms with Gasteiger partial charge in [-0.3, -0.25) is 9.59 Å². The summed E-state index contributed by atoms with van der Waals surface area (Å²) in [6.45, 7) is 3.57. The first kappa shape index (κ1) is 19.0. The highest BCUT2D eigenvalue weighted by Gasteiger charge is 2.27. The molecule has 9 heteroatoms. The lowest BCUT2D eigenvalue weighted by Crippen LogP contribution is -2.48. The number of benzene rings is 1. The third-order valence-corrected chi connectivity index (χ3v) is 4.88. The van der Waals surface area contributed by atoms with Gasteiger partial charge in [0.2, 0.25) is 15.7 Å². The van der Waals surface area contributed by atoms with E-state index in [4.69, 9.17) is 5.73 Å². The SMILES string of the molecule is CCC(C)C(NC(=O)c1ccc(S(=O)(=O)C(F)F)cc1)C(N)=O. The average Bonchev–Trinajstić information content (AvgIpc) is 2.51. The second kappa shape index (κ2) is 7.49. The fourth-order valence-corrected chi connectivity index (χ4v) is 2.57. The maximum atomic E-state index is 12.4. The van der Waals surface area contributed by atoms with Gasteiger partial charge in [0.1, 0.15) is 6.04 Å². The van der Waals surface area contributed by atoms with Gasteiger partial charge in [-0.1, -0.05) is 20.3 Å². The van der Waals surface area contributed by atoms with Crippen molar-refractivity contribution in [3.8, 4) is 0 Å². The lowest BCUT2D eigenvalue weighted by atomic mass is 9.98. The molecule has 0 heterocycles. The molecule has 6 nitrogen and oxygen atoms in total. The van der Waals surface area contributed by atoms with Crippen LogP contribution in [0.4, 0.5) is 8.78 Å². The van der Waals surface area contributed by atoms with Gasteiger partial charge in [0.25, 0.3) is 5.91 Å². The monoisotopic (exact) mass is 348 g/mol. The van der Waals surface area contributed by atoms with Crippen molar-refractivity contribution in [3.63, 3.8) is 0 Å². The van der Waals surface area contributed by atoms with Crippen LogP contribution in [-0.2, 0) is 14.6 Å². The molecule has 3 N–H and O–H groups in total. The summed E-state index contributed by atoms with van der Waals surface area (Å²) in [6.07, 6.45) is 0.611. The van der Waals surface area contributed by atoms with Crippen LogP contribution in [0.25, 0.3) is 0 Å². The van der Waals surface area contributed by atoms with Crippen molar-refractivity contribution in [1.82, 2.24) is 5.32 Å². The first-order valence-corrected chi connectivity index (χ1v) is 8.38. The van der Waals surface area contributed by atoms with Crippen LogP contribution in [0.3, 0.4) is 0 Å². The molecule has 2 unspecified atom stereocenters. The van der Waals surface area contributed by atoms with E-state index in [0.29, 0.717) is 6.42 Å². The lowest BCUT2D eigenvalue weighted by molar-refractivity contribution is -0.120. The third kappa shape index (κ3) is 4.47. The summed E-state index contributed by atoms with van der Waals surface area (Å²) < 4.78 is 47.4. The molecule has 0 saturated carbocycles. The minimum atomic E-state index is -4.71. The molecule has 0 aromatic heterocycles. The van der Waals surface area contributed by atoms with Gasteiger partial charge in [0, 0.05) is 5.56 Å². The van der Waals surface area contributed by atoms with Crippen LogP contribution >= 0.6 is 0 Å². The van der Waals surface area contributed by atoms with Gasteiger partial charge >= 0.3 is 5.76 Å². The standard InChI is InChI=1S/C14H18F2N2O4S/c1-3-8(2)11(12(17)19)18-13(20)9-4-6-10(7-5-9)23(21,22)14(15)16/h4-8,11,14H,3H2,1-2H3,(H2,17,19)(H,18,20). The van der Waals surface area contributed by atoms with Crippen LogP contribution in [-0.4, -0.2) is 32.0 Å². The van der Waals surface area contributed by atoms with E-state index in [-0.39, 0.29) is 11.5 Å². The Morgan fingerprint density at radius 2 is 1.74 bits per heavy atom. The summed E-state index contributed by atoms with van der Waals surface area (Å²) in [4.78, 5) is 22.8. The van der Waals surface area contributed by atoms with E-state index < -0.39 is 38.3 Å². The molecule has 0 bridgehead atoms. The molecule has 2 atom stereocenters. The molecular weight excluding hydrogens is 330 g/mol. The maximum Gasteiger partial charge on any atom is 0.341 e. The highest BCUT2D eigenvalue weighted by molar-refractivity contribution is 7.91. The van der Waals surface area contributed by atoms with E-state index in [1.807, 2.05) is 6.92 Å². The van der Waals surface area contributed by atoms with E-state index >= 15 is 0 Å². The molecular formula is C14H18F2N2O4S. The molecule has 2 amide bonds. The van der Waals surface area contributed by atoms with Crippen LogP contribution in [0.2, 0.25) is 0 Å². The molecule has 23 heavy (non-hydrogen) atoms. The Labute approximate surface area is 133 Å².